The SMILES string of the molecule is O=C(Cc1ccc(Cl)cc1)Nc1ccc(Oc2cc(-n3ccnc3)ncn2)cc1. The van der Waals surface area contributed by atoms with E-state index in [1.54, 1.807) is 65.8 Å². The summed E-state index contributed by atoms with van der Waals surface area (Å²) in [5, 5.41) is 3.50. The maximum absolute atomic E-state index is 12.2. The minimum atomic E-state index is -0.109. The summed E-state index contributed by atoms with van der Waals surface area (Å²) in [7, 11) is 0. The smallest absolute Gasteiger partial charge is 0.228 e. The molecule has 0 unspecified atom stereocenters. The Bertz CT molecular complexity index is 1100. The molecular formula is C21H16ClN5O2. The van der Waals surface area contributed by atoms with Crippen LogP contribution in [-0.2, 0) is 11.2 Å². The minimum absolute atomic E-state index is 0.109. The second-order valence-electron chi connectivity index (χ2n) is 6.16. The monoisotopic (exact) mass is 405 g/mol. The molecule has 0 atom stereocenters. The van der Waals surface area contributed by atoms with E-state index in [1.807, 2.05) is 12.1 Å². The molecule has 0 saturated heterocycles. The highest BCUT2D eigenvalue weighted by molar-refractivity contribution is 6.30. The van der Waals surface area contributed by atoms with Crippen molar-refractivity contribution in [3.8, 4) is 17.4 Å². The highest BCUT2D eigenvalue weighted by Crippen LogP contribution is 2.22. The molecule has 2 aromatic heterocycles. The van der Waals surface area contributed by atoms with Crippen LogP contribution in [0, 0.1) is 0 Å². The number of imidazole rings is 1. The molecule has 0 fully saturated rings. The van der Waals surface area contributed by atoms with E-state index in [-0.39, 0.29) is 12.3 Å². The predicted octanol–water partition coefficient (Wildman–Crippen LogP) is 4.29. The molecular weight excluding hydrogens is 390 g/mol. The Labute approximate surface area is 172 Å². The van der Waals surface area contributed by atoms with E-state index in [0.29, 0.717) is 28.2 Å². The van der Waals surface area contributed by atoms with E-state index in [0.717, 1.165) is 5.56 Å². The lowest BCUT2D eigenvalue weighted by Gasteiger charge is -2.08. The van der Waals surface area contributed by atoms with Crippen molar-refractivity contribution < 1.29 is 9.53 Å². The van der Waals surface area contributed by atoms with Crippen molar-refractivity contribution >= 4 is 23.2 Å². The molecule has 7 nitrogen and oxygen atoms in total. The van der Waals surface area contributed by atoms with Crippen LogP contribution in [0.2, 0.25) is 5.02 Å². The number of hydrogen-bond acceptors (Lipinski definition) is 5. The van der Waals surface area contributed by atoms with Gasteiger partial charge in [0.1, 0.15) is 24.2 Å². The van der Waals surface area contributed by atoms with E-state index in [1.165, 1.54) is 6.33 Å². The number of ether oxygens (including phenoxy) is 1. The molecule has 2 aromatic carbocycles. The number of benzene rings is 2. The van der Waals surface area contributed by atoms with E-state index in [4.69, 9.17) is 16.3 Å². The third-order valence-corrected chi connectivity index (χ3v) is 4.29. The molecule has 144 valence electrons. The van der Waals surface area contributed by atoms with Gasteiger partial charge in [0.2, 0.25) is 11.8 Å². The minimum Gasteiger partial charge on any atom is -0.439 e. The van der Waals surface area contributed by atoms with Crippen molar-refractivity contribution in [1.82, 2.24) is 19.5 Å². The largest absolute Gasteiger partial charge is 0.439 e. The Balaban J connectivity index is 1.37. The van der Waals surface area contributed by atoms with Gasteiger partial charge in [0.05, 0.1) is 6.42 Å². The van der Waals surface area contributed by atoms with Gasteiger partial charge < -0.3 is 10.1 Å². The molecule has 4 aromatic rings. The van der Waals surface area contributed by atoms with Gasteiger partial charge in [-0.1, -0.05) is 23.7 Å². The second-order valence-corrected chi connectivity index (χ2v) is 6.60. The number of amides is 1. The maximum Gasteiger partial charge on any atom is 0.228 e. The van der Waals surface area contributed by atoms with Crippen molar-refractivity contribution in [2.24, 2.45) is 0 Å². The van der Waals surface area contributed by atoms with Gasteiger partial charge in [-0.3, -0.25) is 9.36 Å². The van der Waals surface area contributed by atoms with E-state index < -0.39 is 0 Å². The van der Waals surface area contributed by atoms with Gasteiger partial charge in [-0.25, -0.2) is 15.0 Å². The lowest BCUT2D eigenvalue weighted by molar-refractivity contribution is -0.115. The summed E-state index contributed by atoms with van der Waals surface area (Å²) in [6.45, 7) is 0. The highest BCUT2D eigenvalue weighted by atomic mass is 35.5. The van der Waals surface area contributed by atoms with Crippen LogP contribution < -0.4 is 10.1 Å². The lowest BCUT2D eigenvalue weighted by atomic mass is 10.1. The average Bonchev–Trinajstić information content (AvgIpc) is 3.26. The number of hydrogen-bond donors (Lipinski definition) is 1. The summed E-state index contributed by atoms with van der Waals surface area (Å²) in [5.74, 6) is 1.54. The van der Waals surface area contributed by atoms with Crippen molar-refractivity contribution in [3.05, 3.63) is 90.2 Å². The molecule has 0 spiro atoms. The summed E-state index contributed by atoms with van der Waals surface area (Å²) in [6.07, 6.45) is 6.80. The Morgan fingerprint density at radius 2 is 1.86 bits per heavy atom. The van der Waals surface area contributed by atoms with Gasteiger partial charge in [-0.15, -0.1) is 0 Å². The fraction of sp³-hybridized carbons (Fsp3) is 0.0476. The Morgan fingerprint density at radius 1 is 1.07 bits per heavy atom. The number of nitrogens with zero attached hydrogens (tertiary/aromatic N) is 4. The summed E-state index contributed by atoms with van der Waals surface area (Å²) in [6, 6.07) is 16.0. The molecule has 1 N–H and O–H groups in total. The van der Waals surface area contributed by atoms with Crippen LogP contribution in [0.4, 0.5) is 5.69 Å². The zero-order valence-electron chi connectivity index (χ0n) is 15.2. The number of halogens is 1. The molecule has 0 radical (unpaired) electrons. The molecule has 2 heterocycles. The first-order valence-corrected chi connectivity index (χ1v) is 9.16. The topological polar surface area (TPSA) is 81.9 Å². The summed E-state index contributed by atoms with van der Waals surface area (Å²) in [4.78, 5) is 24.5. The fourth-order valence-electron chi connectivity index (χ4n) is 2.64. The number of aromatic nitrogens is 4. The predicted molar refractivity (Wildman–Crippen MR) is 109 cm³/mol. The number of carbonyl (C=O) groups excluding carboxylic acids is 1. The molecule has 0 aliphatic carbocycles. The second kappa shape index (κ2) is 8.53. The first-order chi connectivity index (χ1) is 14.2. The van der Waals surface area contributed by atoms with Crippen LogP contribution in [0.3, 0.4) is 0 Å². The average molecular weight is 406 g/mol. The van der Waals surface area contributed by atoms with Gasteiger partial charge in [0, 0.05) is 29.2 Å². The maximum atomic E-state index is 12.2. The Hall–Kier alpha value is -3.71. The van der Waals surface area contributed by atoms with Gasteiger partial charge in [0.15, 0.2) is 0 Å². The van der Waals surface area contributed by atoms with Crippen LogP contribution in [-0.4, -0.2) is 25.4 Å². The third kappa shape index (κ3) is 4.97. The third-order valence-electron chi connectivity index (χ3n) is 4.03. The molecule has 29 heavy (non-hydrogen) atoms. The van der Waals surface area contributed by atoms with Gasteiger partial charge in [-0.05, 0) is 42.0 Å². The zero-order chi connectivity index (χ0) is 20.1. The first kappa shape index (κ1) is 18.6. The number of rotatable bonds is 6. The molecule has 4 rings (SSSR count). The fourth-order valence-corrected chi connectivity index (χ4v) is 2.77. The van der Waals surface area contributed by atoms with Gasteiger partial charge in [0.25, 0.3) is 0 Å². The Kier molecular flexibility index (Phi) is 5.49. The van der Waals surface area contributed by atoms with Gasteiger partial charge in [-0.2, -0.15) is 0 Å². The van der Waals surface area contributed by atoms with Crippen LogP contribution in [0.1, 0.15) is 5.56 Å². The van der Waals surface area contributed by atoms with E-state index >= 15 is 0 Å². The zero-order valence-corrected chi connectivity index (χ0v) is 16.0. The molecule has 0 aliphatic heterocycles. The summed E-state index contributed by atoms with van der Waals surface area (Å²) >= 11 is 5.86. The van der Waals surface area contributed by atoms with Crippen molar-refractivity contribution in [2.45, 2.75) is 6.42 Å². The number of anilines is 1. The van der Waals surface area contributed by atoms with Crippen molar-refractivity contribution in [2.75, 3.05) is 5.32 Å². The molecule has 8 heteroatoms. The van der Waals surface area contributed by atoms with Crippen LogP contribution in [0.25, 0.3) is 5.82 Å². The molecule has 0 bridgehead atoms. The van der Waals surface area contributed by atoms with Crippen LogP contribution in [0.15, 0.2) is 79.6 Å². The van der Waals surface area contributed by atoms with E-state index in [9.17, 15) is 4.79 Å². The normalized spacial score (nSPS) is 10.5. The number of carbonyl (C=O) groups is 1. The van der Waals surface area contributed by atoms with E-state index in [2.05, 4.69) is 20.3 Å². The molecule has 1 amide bonds. The van der Waals surface area contributed by atoms with Crippen molar-refractivity contribution in [1.29, 1.82) is 0 Å². The van der Waals surface area contributed by atoms with Crippen LogP contribution >= 0.6 is 11.6 Å². The van der Waals surface area contributed by atoms with Crippen LogP contribution in [0.5, 0.6) is 11.6 Å². The summed E-state index contributed by atoms with van der Waals surface area (Å²) in [5.41, 5.74) is 1.57. The lowest BCUT2D eigenvalue weighted by Crippen LogP contribution is -2.14. The quantitative estimate of drug-likeness (QED) is 0.517. The van der Waals surface area contributed by atoms with Gasteiger partial charge >= 0.3 is 0 Å². The molecule has 0 aliphatic rings. The van der Waals surface area contributed by atoms with Crippen molar-refractivity contribution in [3.63, 3.8) is 0 Å². The standard InChI is InChI=1S/C21H16ClN5O2/c22-16-3-1-15(2-4-16)11-20(28)26-17-5-7-18(8-6-17)29-21-12-19(24-13-25-21)27-10-9-23-14-27/h1-10,12-14H,11H2,(H,26,28). The number of nitrogens with one attached hydrogen (secondary N) is 1. The highest BCUT2D eigenvalue weighted by Gasteiger charge is 2.06. The first-order valence-electron chi connectivity index (χ1n) is 8.78. The Morgan fingerprint density at radius 3 is 2.59 bits per heavy atom. The molecule has 0 saturated carbocycles. The summed E-state index contributed by atoms with van der Waals surface area (Å²) < 4.78 is 7.53.